The first-order valence-electron chi connectivity index (χ1n) is 5.76. The Bertz CT molecular complexity index is 784. The largest absolute Gasteiger partial charge is 0.454 e. The molecular formula is C14H8FNO2S. The third-order valence-corrected chi connectivity index (χ3v) is 4.05. The zero-order chi connectivity index (χ0) is 12.8. The zero-order valence-corrected chi connectivity index (χ0v) is 10.5. The SMILES string of the molecule is Fc1ccc2sc(-c3ccc4c(c3)OCO4)nc2c1. The van der Waals surface area contributed by atoms with Crippen LogP contribution in [0.3, 0.4) is 0 Å². The fraction of sp³-hybridized carbons (Fsp3) is 0.0714. The van der Waals surface area contributed by atoms with Crippen LogP contribution < -0.4 is 9.47 Å². The summed E-state index contributed by atoms with van der Waals surface area (Å²) in [6.07, 6.45) is 0. The Morgan fingerprint density at radius 2 is 1.95 bits per heavy atom. The van der Waals surface area contributed by atoms with Crippen molar-refractivity contribution in [2.24, 2.45) is 0 Å². The van der Waals surface area contributed by atoms with Gasteiger partial charge in [-0.15, -0.1) is 11.3 Å². The zero-order valence-electron chi connectivity index (χ0n) is 9.72. The first-order chi connectivity index (χ1) is 9.29. The third-order valence-electron chi connectivity index (χ3n) is 2.97. The summed E-state index contributed by atoms with van der Waals surface area (Å²) in [4.78, 5) is 4.45. The van der Waals surface area contributed by atoms with Crippen molar-refractivity contribution < 1.29 is 13.9 Å². The van der Waals surface area contributed by atoms with Crippen LogP contribution in [0.15, 0.2) is 36.4 Å². The molecule has 1 aliphatic heterocycles. The van der Waals surface area contributed by atoms with E-state index in [1.54, 1.807) is 6.07 Å². The fourth-order valence-electron chi connectivity index (χ4n) is 2.05. The Hall–Kier alpha value is -2.14. The molecule has 1 aliphatic rings. The van der Waals surface area contributed by atoms with Crippen molar-refractivity contribution in [3.63, 3.8) is 0 Å². The minimum atomic E-state index is -0.268. The molecule has 2 heterocycles. The second-order valence-corrected chi connectivity index (χ2v) is 5.23. The minimum absolute atomic E-state index is 0.254. The van der Waals surface area contributed by atoms with Gasteiger partial charge in [0.1, 0.15) is 10.8 Å². The van der Waals surface area contributed by atoms with E-state index >= 15 is 0 Å². The number of thiazole rings is 1. The standard InChI is InChI=1S/C14H8FNO2S/c15-9-2-4-13-10(6-9)16-14(19-13)8-1-3-11-12(5-8)18-7-17-11/h1-6H,7H2. The van der Waals surface area contributed by atoms with Crippen molar-refractivity contribution in [3.8, 4) is 22.1 Å². The van der Waals surface area contributed by atoms with Gasteiger partial charge in [0.05, 0.1) is 10.2 Å². The normalized spacial score (nSPS) is 13.1. The summed E-state index contributed by atoms with van der Waals surface area (Å²) >= 11 is 1.53. The van der Waals surface area contributed by atoms with Crippen LogP contribution in [0.25, 0.3) is 20.8 Å². The summed E-state index contributed by atoms with van der Waals surface area (Å²) in [5.74, 6) is 1.20. The van der Waals surface area contributed by atoms with E-state index in [1.165, 1.54) is 23.5 Å². The van der Waals surface area contributed by atoms with Gasteiger partial charge in [-0.1, -0.05) is 0 Å². The number of aromatic nitrogens is 1. The van der Waals surface area contributed by atoms with Gasteiger partial charge in [0, 0.05) is 11.6 Å². The van der Waals surface area contributed by atoms with Crippen molar-refractivity contribution in [2.75, 3.05) is 6.79 Å². The Labute approximate surface area is 112 Å². The van der Waals surface area contributed by atoms with Gasteiger partial charge in [-0.2, -0.15) is 0 Å². The molecule has 2 aromatic carbocycles. The van der Waals surface area contributed by atoms with Crippen LogP contribution in [0, 0.1) is 5.82 Å². The molecule has 0 unspecified atom stereocenters. The van der Waals surface area contributed by atoms with Gasteiger partial charge in [0.15, 0.2) is 11.5 Å². The maximum Gasteiger partial charge on any atom is 0.231 e. The predicted octanol–water partition coefficient (Wildman–Crippen LogP) is 3.83. The van der Waals surface area contributed by atoms with Crippen molar-refractivity contribution in [3.05, 3.63) is 42.2 Å². The summed E-state index contributed by atoms with van der Waals surface area (Å²) in [7, 11) is 0. The van der Waals surface area contributed by atoms with E-state index in [0.29, 0.717) is 5.52 Å². The number of rotatable bonds is 1. The molecule has 0 saturated heterocycles. The molecule has 0 aliphatic carbocycles. The quantitative estimate of drug-likeness (QED) is 0.675. The number of nitrogens with zero attached hydrogens (tertiary/aromatic N) is 1. The molecule has 5 heteroatoms. The Balaban J connectivity index is 1.85. The van der Waals surface area contributed by atoms with Crippen LogP contribution in [-0.2, 0) is 0 Å². The van der Waals surface area contributed by atoms with E-state index in [1.807, 2.05) is 18.2 Å². The van der Waals surface area contributed by atoms with Gasteiger partial charge >= 0.3 is 0 Å². The number of hydrogen-bond acceptors (Lipinski definition) is 4. The molecule has 1 aromatic heterocycles. The topological polar surface area (TPSA) is 31.4 Å². The Morgan fingerprint density at radius 1 is 1.05 bits per heavy atom. The summed E-state index contributed by atoms with van der Waals surface area (Å²) in [6, 6.07) is 10.3. The molecule has 0 fully saturated rings. The second-order valence-electron chi connectivity index (χ2n) is 4.20. The highest BCUT2D eigenvalue weighted by Crippen LogP contribution is 2.38. The summed E-state index contributed by atoms with van der Waals surface area (Å²) in [6.45, 7) is 0.254. The predicted molar refractivity (Wildman–Crippen MR) is 71.1 cm³/mol. The van der Waals surface area contributed by atoms with E-state index < -0.39 is 0 Å². The van der Waals surface area contributed by atoms with Crippen LogP contribution >= 0.6 is 11.3 Å². The molecule has 19 heavy (non-hydrogen) atoms. The highest BCUT2D eigenvalue weighted by atomic mass is 32.1. The lowest BCUT2D eigenvalue weighted by Gasteiger charge is -1.98. The van der Waals surface area contributed by atoms with Gasteiger partial charge in [0.2, 0.25) is 6.79 Å². The molecule has 0 saturated carbocycles. The van der Waals surface area contributed by atoms with E-state index in [4.69, 9.17) is 9.47 Å². The van der Waals surface area contributed by atoms with Crippen molar-refractivity contribution in [2.45, 2.75) is 0 Å². The average Bonchev–Trinajstić information content (AvgIpc) is 3.02. The molecule has 0 spiro atoms. The highest BCUT2D eigenvalue weighted by molar-refractivity contribution is 7.21. The molecule has 3 aromatic rings. The van der Waals surface area contributed by atoms with Gasteiger partial charge in [0.25, 0.3) is 0 Å². The highest BCUT2D eigenvalue weighted by Gasteiger charge is 2.15. The number of benzene rings is 2. The van der Waals surface area contributed by atoms with Gasteiger partial charge in [-0.3, -0.25) is 0 Å². The number of hydrogen-bond donors (Lipinski definition) is 0. The van der Waals surface area contributed by atoms with Crippen molar-refractivity contribution in [1.29, 1.82) is 0 Å². The van der Waals surface area contributed by atoms with Gasteiger partial charge < -0.3 is 9.47 Å². The van der Waals surface area contributed by atoms with E-state index in [-0.39, 0.29) is 12.6 Å². The molecule has 0 amide bonds. The van der Waals surface area contributed by atoms with Crippen LogP contribution in [0.5, 0.6) is 11.5 Å². The fourth-order valence-corrected chi connectivity index (χ4v) is 3.00. The summed E-state index contributed by atoms with van der Waals surface area (Å²) < 4.78 is 24.7. The van der Waals surface area contributed by atoms with Crippen molar-refractivity contribution >= 4 is 21.6 Å². The van der Waals surface area contributed by atoms with Crippen LogP contribution in [0.2, 0.25) is 0 Å². The monoisotopic (exact) mass is 273 g/mol. The molecular weight excluding hydrogens is 265 g/mol. The lowest BCUT2D eigenvalue weighted by atomic mass is 10.2. The minimum Gasteiger partial charge on any atom is -0.454 e. The molecule has 0 radical (unpaired) electrons. The molecule has 0 N–H and O–H groups in total. The number of halogens is 1. The Kier molecular flexibility index (Phi) is 2.22. The first-order valence-corrected chi connectivity index (χ1v) is 6.57. The van der Waals surface area contributed by atoms with Crippen LogP contribution in [-0.4, -0.2) is 11.8 Å². The maximum atomic E-state index is 13.2. The summed E-state index contributed by atoms with van der Waals surface area (Å²) in [5.41, 5.74) is 1.63. The molecule has 0 atom stereocenters. The van der Waals surface area contributed by atoms with E-state index in [9.17, 15) is 4.39 Å². The maximum absolute atomic E-state index is 13.2. The smallest absolute Gasteiger partial charge is 0.231 e. The molecule has 0 bridgehead atoms. The average molecular weight is 273 g/mol. The van der Waals surface area contributed by atoms with E-state index in [0.717, 1.165) is 26.8 Å². The third kappa shape index (κ3) is 1.74. The molecule has 94 valence electrons. The van der Waals surface area contributed by atoms with Gasteiger partial charge in [-0.05, 0) is 30.3 Å². The van der Waals surface area contributed by atoms with Crippen LogP contribution in [0.4, 0.5) is 4.39 Å². The van der Waals surface area contributed by atoms with Crippen LogP contribution in [0.1, 0.15) is 0 Å². The molecule has 4 rings (SSSR count). The number of ether oxygens (including phenoxy) is 2. The lowest BCUT2D eigenvalue weighted by Crippen LogP contribution is -1.92. The van der Waals surface area contributed by atoms with Crippen molar-refractivity contribution in [1.82, 2.24) is 4.98 Å². The molecule has 3 nitrogen and oxygen atoms in total. The Morgan fingerprint density at radius 3 is 2.89 bits per heavy atom. The number of fused-ring (bicyclic) bond motifs is 2. The van der Waals surface area contributed by atoms with Gasteiger partial charge in [-0.25, -0.2) is 9.37 Å². The summed E-state index contributed by atoms with van der Waals surface area (Å²) in [5, 5.41) is 0.846. The first kappa shape index (κ1) is 10.8. The second kappa shape index (κ2) is 3.93. The lowest BCUT2D eigenvalue weighted by molar-refractivity contribution is 0.174. The van der Waals surface area contributed by atoms with E-state index in [2.05, 4.69) is 4.98 Å².